The van der Waals surface area contributed by atoms with E-state index in [9.17, 15) is 9.18 Å². The maximum Gasteiger partial charge on any atom is 0.323 e. The van der Waals surface area contributed by atoms with Gasteiger partial charge in [-0.25, -0.2) is 4.39 Å². The molecule has 0 saturated carbocycles. The fourth-order valence-electron chi connectivity index (χ4n) is 1.88. The summed E-state index contributed by atoms with van der Waals surface area (Å²) in [5.41, 5.74) is 4.91. The normalized spacial score (nSPS) is 16.2. The number of rotatable bonds is 5. The van der Waals surface area contributed by atoms with E-state index < -0.39 is 11.5 Å². The third-order valence-electron chi connectivity index (χ3n) is 3.00. The Bertz CT molecular complexity index is 404. The molecule has 0 spiro atoms. The Morgan fingerprint density at radius 3 is 2.59 bits per heavy atom. The number of aliphatic carboxylic acids is 1. The molecule has 4 heteroatoms. The quantitative estimate of drug-likeness (QED) is 0.829. The first-order valence-electron chi connectivity index (χ1n) is 5.65. The number of benzene rings is 1. The van der Waals surface area contributed by atoms with Crippen molar-refractivity contribution in [2.45, 2.75) is 38.1 Å². The molecule has 0 saturated heterocycles. The minimum Gasteiger partial charge on any atom is -0.480 e. The zero-order chi connectivity index (χ0) is 13.1. The zero-order valence-corrected chi connectivity index (χ0v) is 10.1. The molecule has 3 N–H and O–H groups in total. The number of carboxylic acids is 1. The molecule has 0 aliphatic carbocycles. The van der Waals surface area contributed by atoms with Crippen LogP contribution in [0.3, 0.4) is 0 Å². The molecule has 3 nitrogen and oxygen atoms in total. The largest absolute Gasteiger partial charge is 0.480 e. The van der Waals surface area contributed by atoms with Gasteiger partial charge in [0.15, 0.2) is 0 Å². The highest BCUT2D eigenvalue weighted by Gasteiger charge is 2.32. The molecule has 0 radical (unpaired) electrons. The van der Waals surface area contributed by atoms with Gasteiger partial charge in [-0.15, -0.1) is 0 Å². The Morgan fingerprint density at radius 1 is 1.53 bits per heavy atom. The third kappa shape index (κ3) is 3.27. The molecule has 0 fully saturated rings. The van der Waals surface area contributed by atoms with Crippen LogP contribution in [0.1, 0.15) is 38.2 Å². The molecular weight excluding hydrogens is 221 g/mol. The summed E-state index contributed by atoms with van der Waals surface area (Å²) in [4.78, 5) is 11.0. The van der Waals surface area contributed by atoms with Gasteiger partial charge in [-0.1, -0.05) is 25.1 Å². The Kier molecular flexibility index (Phi) is 4.23. The first kappa shape index (κ1) is 13.6. The van der Waals surface area contributed by atoms with Gasteiger partial charge in [0, 0.05) is 0 Å². The first-order chi connectivity index (χ1) is 7.88. The van der Waals surface area contributed by atoms with E-state index in [4.69, 9.17) is 10.8 Å². The molecule has 0 heterocycles. The van der Waals surface area contributed by atoms with Crippen LogP contribution in [0, 0.1) is 5.82 Å². The summed E-state index contributed by atoms with van der Waals surface area (Å²) in [5, 5.41) is 8.98. The fourth-order valence-corrected chi connectivity index (χ4v) is 1.88. The molecule has 17 heavy (non-hydrogen) atoms. The SMILES string of the molecule is CCC(CC(C)(N)C(=O)O)c1ccccc1F. The average molecular weight is 239 g/mol. The van der Waals surface area contributed by atoms with Gasteiger partial charge in [-0.3, -0.25) is 4.79 Å². The number of hydrogen-bond donors (Lipinski definition) is 2. The van der Waals surface area contributed by atoms with Crippen LogP contribution in [0.2, 0.25) is 0 Å². The van der Waals surface area contributed by atoms with E-state index in [-0.39, 0.29) is 18.2 Å². The van der Waals surface area contributed by atoms with E-state index in [1.54, 1.807) is 18.2 Å². The molecule has 0 aromatic heterocycles. The van der Waals surface area contributed by atoms with Crippen LogP contribution in [0.5, 0.6) is 0 Å². The van der Waals surface area contributed by atoms with Gasteiger partial charge in [-0.2, -0.15) is 0 Å². The van der Waals surface area contributed by atoms with Crippen LogP contribution in [0.15, 0.2) is 24.3 Å². The van der Waals surface area contributed by atoms with E-state index in [1.165, 1.54) is 13.0 Å². The van der Waals surface area contributed by atoms with Crippen molar-refractivity contribution in [1.82, 2.24) is 0 Å². The minimum atomic E-state index is -1.33. The molecule has 0 bridgehead atoms. The van der Waals surface area contributed by atoms with Crippen LogP contribution in [0.25, 0.3) is 0 Å². The van der Waals surface area contributed by atoms with E-state index in [0.29, 0.717) is 12.0 Å². The summed E-state index contributed by atoms with van der Waals surface area (Å²) in [6.45, 7) is 3.36. The average Bonchev–Trinajstić information content (AvgIpc) is 2.26. The Hall–Kier alpha value is -1.42. The molecule has 0 amide bonds. The molecule has 1 aromatic rings. The van der Waals surface area contributed by atoms with E-state index in [0.717, 1.165) is 0 Å². The lowest BCUT2D eigenvalue weighted by atomic mass is 9.83. The minimum absolute atomic E-state index is 0.178. The Balaban J connectivity index is 2.94. The summed E-state index contributed by atoms with van der Waals surface area (Å²) in [7, 11) is 0. The number of carbonyl (C=O) groups is 1. The van der Waals surface area contributed by atoms with Crippen molar-refractivity contribution in [3.63, 3.8) is 0 Å². The third-order valence-corrected chi connectivity index (χ3v) is 3.00. The van der Waals surface area contributed by atoms with Crippen LogP contribution in [-0.2, 0) is 4.79 Å². The molecule has 0 aliphatic heterocycles. The molecule has 2 atom stereocenters. The summed E-state index contributed by atoms with van der Waals surface area (Å²) in [5.74, 6) is -1.55. The lowest BCUT2D eigenvalue weighted by Gasteiger charge is -2.25. The second-order valence-corrected chi connectivity index (χ2v) is 4.55. The van der Waals surface area contributed by atoms with Gasteiger partial charge in [0.1, 0.15) is 11.4 Å². The van der Waals surface area contributed by atoms with Crippen molar-refractivity contribution >= 4 is 5.97 Å². The van der Waals surface area contributed by atoms with Crippen LogP contribution in [0.4, 0.5) is 4.39 Å². The molecule has 1 rings (SSSR count). The lowest BCUT2D eigenvalue weighted by molar-refractivity contribution is -0.143. The summed E-state index contributed by atoms with van der Waals surface area (Å²) in [6.07, 6.45) is 0.876. The number of halogens is 1. The maximum absolute atomic E-state index is 13.6. The Morgan fingerprint density at radius 2 is 2.12 bits per heavy atom. The van der Waals surface area contributed by atoms with Crippen molar-refractivity contribution in [2.75, 3.05) is 0 Å². The van der Waals surface area contributed by atoms with E-state index in [2.05, 4.69) is 0 Å². The second-order valence-electron chi connectivity index (χ2n) is 4.55. The zero-order valence-electron chi connectivity index (χ0n) is 10.1. The van der Waals surface area contributed by atoms with Gasteiger partial charge in [0.05, 0.1) is 0 Å². The summed E-state index contributed by atoms with van der Waals surface area (Å²) >= 11 is 0. The predicted octanol–water partition coefficient (Wildman–Crippen LogP) is 2.51. The fraction of sp³-hybridized carbons (Fsp3) is 0.462. The monoisotopic (exact) mass is 239 g/mol. The highest BCUT2D eigenvalue weighted by molar-refractivity contribution is 5.77. The number of hydrogen-bond acceptors (Lipinski definition) is 2. The van der Waals surface area contributed by atoms with Crippen molar-refractivity contribution in [1.29, 1.82) is 0 Å². The summed E-state index contributed by atoms with van der Waals surface area (Å²) in [6, 6.07) is 6.42. The van der Waals surface area contributed by atoms with Gasteiger partial charge in [0.2, 0.25) is 0 Å². The predicted molar refractivity (Wildman–Crippen MR) is 64.3 cm³/mol. The first-order valence-corrected chi connectivity index (χ1v) is 5.65. The van der Waals surface area contributed by atoms with Gasteiger partial charge in [0.25, 0.3) is 0 Å². The topological polar surface area (TPSA) is 63.3 Å². The molecule has 0 aliphatic rings. The van der Waals surface area contributed by atoms with Gasteiger partial charge in [-0.05, 0) is 37.3 Å². The second kappa shape index (κ2) is 5.27. The molecular formula is C13H18FNO2. The Labute approximate surface area is 100 Å². The van der Waals surface area contributed by atoms with Crippen LogP contribution in [-0.4, -0.2) is 16.6 Å². The number of carboxylic acid groups (broad SMARTS) is 1. The van der Waals surface area contributed by atoms with E-state index >= 15 is 0 Å². The lowest BCUT2D eigenvalue weighted by Crippen LogP contribution is -2.46. The highest BCUT2D eigenvalue weighted by Crippen LogP contribution is 2.29. The van der Waals surface area contributed by atoms with Crippen molar-refractivity contribution in [2.24, 2.45) is 5.73 Å². The van der Waals surface area contributed by atoms with Crippen molar-refractivity contribution in [3.05, 3.63) is 35.6 Å². The smallest absolute Gasteiger partial charge is 0.323 e. The molecule has 1 aromatic carbocycles. The van der Waals surface area contributed by atoms with Crippen molar-refractivity contribution in [3.8, 4) is 0 Å². The number of nitrogens with two attached hydrogens (primary N) is 1. The molecule has 94 valence electrons. The van der Waals surface area contributed by atoms with E-state index in [1.807, 2.05) is 6.92 Å². The van der Waals surface area contributed by atoms with Crippen molar-refractivity contribution < 1.29 is 14.3 Å². The highest BCUT2D eigenvalue weighted by atomic mass is 19.1. The standard InChI is InChI=1S/C13H18FNO2/c1-3-9(8-13(2,15)12(16)17)10-6-4-5-7-11(10)14/h4-7,9H,3,8,15H2,1-2H3,(H,16,17). The molecule has 2 unspecified atom stereocenters. The summed E-state index contributed by atoms with van der Waals surface area (Å²) < 4.78 is 13.6. The van der Waals surface area contributed by atoms with Crippen LogP contribution < -0.4 is 5.73 Å². The van der Waals surface area contributed by atoms with Gasteiger partial charge >= 0.3 is 5.97 Å². The maximum atomic E-state index is 13.6. The van der Waals surface area contributed by atoms with Gasteiger partial charge < -0.3 is 10.8 Å². The van der Waals surface area contributed by atoms with Crippen LogP contribution >= 0.6 is 0 Å².